The van der Waals surface area contributed by atoms with E-state index in [9.17, 15) is 5.11 Å². The number of aliphatic hydroxyl groups is 1. The van der Waals surface area contributed by atoms with Crippen LogP contribution >= 0.6 is 0 Å². The molecule has 0 aliphatic heterocycles. The normalized spacial score (nSPS) is 53.7. The Labute approximate surface area is 98.9 Å². The van der Waals surface area contributed by atoms with Crippen LogP contribution in [0.2, 0.25) is 0 Å². The molecule has 2 saturated carbocycles. The predicted octanol–water partition coefficient (Wildman–Crippen LogP) is 3.39. The first-order valence-corrected chi connectivity index (χ1v) is 6.78. The van der Waals surface area contributed by atoms with Crippen LogP contribution in [0.15, 0.2) is 11.6 Å². The van der Waals surface area contributed by atoms with Crippen molar-refractivity contribution >= 4 is 0 Å². The SMILES string of the molecule is C[C@@H]1CC[C@H](O)C2=CC[C@@H]3[C@@H](C3(C)C)[C@]21C. The molecule has 0 saturated heterocycles. The van der Waals surface area contributed by atoms with E-state index >= 15 is 0 Å². The molecule has 3 rings (SSSR count). The zero-order chi connectivity index (χ0) is 11.7. The third-order valence-electron chi connectivity index (χ3n) is 6.17. The first kappa shape index (κ1) is 10.8. The molecule has 5 atom stereocenters. The molecule has 0 bridgehead atoms. The van der Waals surface area contributed by atoms with Gasteiger partial charge in [-0.1, -0.05) is 33.8 Å². The molecule has 0 spiro atoms. The lowest BCUT2D eigenvalue weighted by atomic mass is 9.58. The summed E-state index contributed by atoms with van der Waals surface area (Å²) in [7, 11) is 0. The smallest absolute Gasteiger partial charge is 0.0755 e. The van der Waals surface area contributed by atoms with Gasteiger partial charge < -0.3 is 5.11 Å². The Balaban J connectivity index is 2.04. The highest BCUT2D eigenvalue weighted by molar-refractivity contribution is 5.34. The Morgan fingerprint density at radius 3 is 2.62 bits per heavy atom. The second-order valence-electron chi connectivity index (χ2n) is 7.08. The van der Waals surface area contributed by atoms with Crippen molar-refractivity contribution < 1.29 is 5.11 Å². The zero-order valence-electron chi connectivity index (χ0n) is 11.0. The Bertz CT molecular complexity index is 354. The summed E-state index contributed by atoms with van der Waals surface area (Å²) in [6.45, 7) is 9.63. The predicted molar refractivity (Wildman–Crippen MR) is 66.0 cm³/mol. The topological polar surface area (TPSA) is 20.2 Å². The number of hydrogen-bond acceptors (Lipinski definition) is 1. The van der Waals surface area contributed by atoms with Crippen molar-refractivity contribution in [3.05, 3.63) is 11.6 Å². The monoisotopic (exact) mass is 220 g/mol. The molecule has 3 aliphatic carbocycles. The Kier molecular flexibility index (Phi) is 1.98. The molecular weight excluding hydrogens is 196 g/mol. The number of allylic oxidation sites excluding steroid dienone is 1. The van der Waals surface area contributed by atoms with E-state index in [0.717, 1.165) is 24.2 Å². The third kappa shape index (κ3) is 1.06. The third-order valence-corrected chi connectivity index (χ3v) is 6.17. The van der Waals surface area contributed by atoms with Crippen molar-refractivity contribution in [3.8, 4) is 0 Å². The quantitative estimate of drug-likeness (QED) is 0.620. The summed E-state index contributed by atoms with van der Waals surface area (Å²) in [6, 6.07) is 0. The number of fused-ring (bicyclic) bond motifs is 3. The Hall–Kier alpha value is -0.300. The van der Waals surface area contributed by atoms with Crippen LogP contribution in [-0.4, -0.2) is 11.2 Å². The summed E-state index contributed by atoms with van der Waals surface area (Å²) in [5, 5.41) is 10.2. The second kappa shape index (κ2) is 2.93. The van der Waals surface area contributed by atoms with Crippen molar-refractivity contribution in [2.45, 2.75) is 53.1 Å². The van der Waals surface area contributed by atoms with E-state index in [-0.39, 0.29) is 11.5 Å². The van der Waals surface area contributed by atoms with Gasteiger partial charge in [0.2, 0.25) is 0 Å². The summed E-state index contributed by atoms with van der Waals surface area (Å²) >= 11 is 0. The van der Waals surface area contributed by atoms with Crippen LogP contribution in [0, 0.1) is 28.6 Å². The fourth-order valence-electron chi connectivity index (χ4n) is 4.98. The van der Waals surface area contributed by atoms with Gasteiger partial charge in [-0.15, -0.1) is 0 Å². The van der Waals surface area contributed by atoms with Gasteiger partial charge in [-0.25, -0.2) is 0 Å². The number of hydrogen-bond donors (Lipinski definition) is 1. The maximum atomic E-state index is 10.2. The standard InChI is InChI=1S/C15H24O/c1-9-5-8-12(16)10-6-7-11-13(14(11,2)3)15(9,10)4/h6,9,11-13,16H,5,7-8H2,1-4H3/t9-,11-,12+,13+,15+/m1/s1. The molecule has 0 amide bonds. The molecule has 1 N–H and O–H groups in total. The largest absolute Gasteiger partial charge is 0.389 e. The fraction of sp³-hybridized carbons (Fsp3) is 0.867. The molecule has 0 aromatic heterocycles. The molecule has 1 heteroatoms. The second-order valence-corrected chi connectivity index (χ2v) is 7.08. The number of aliphatic hydroxyl groups excluding tert-OH is 1. The first-order valence-electron chi connectivity index (χ1n) is 6.78. The van der Waals surface area contributed by atoms with Crippen molar-refractivity contribution in [2.75, 3.05) is 0 Å². The van der Waals surface area contributed by atoms with E-state index in [2.05, 4.69) is 33.8 Å². The molecule has 0 radical (unpaired) electrons. The molecule has 0 unspecified atom stereocenters. The molecule has 2 fully saturated rings. The van der Waals surface area contributed by atoms with Crippen molar-refractivity contribution in [3.63, 3.8) is 0 Å². The van der Waals surface area contributed by atoms with Gasteiger partial charge >= 0.3 is 0 Å². The molecule has 3 aliphatic rings. The number of rotatable bonds is 0. The fourth-order valence-corrected chi connectivity index (χ4v) is 4.98. The summed E-state index contributed by atoms with van der Waals surface area (Å²) < 4.78 is 0. The highest BCUT2D eigenvalue weighted by Crippen LogP contribution is 2.74. The average Bonchev–Trinajstić information content (AvgIpc) is 2.78. The summed E-state index contributed by atoms with van der Waals surface area (Å²) in [4.78, 5) is 0. The minimum absolute atomic E-state index is 0.154. The maximum Gasteiger partial charge on any atom is 0.0755 e. The molecule has 0 aromatic rings. The van der Waals surface area contributed by atoms with Gasteiger partial charge in [0.15, 0.2) is 0 Å². The van der Waals surface area contributed by atoms with Gasteiger partial charge in [-0.05, 0) is 53.4 Å². The minimum Gasteiger partial charge on any atom is -0.389 e. The summed E-state index contributed by atoms with van der Waals surface area (Å²) in [5.41, 5.74) is 2.15. The molecule has 0 heterocycles. The van der Waals surface area contributed by atoms with E-state index < -0.39 is 0 Å². The van der Waals surface area contributed by atoms with Crippen molar-refractivity contribution in [1.82, 2.24) is 0 Å². The lowest BCUT2D eigenvalue weighted by Crippen LogP contribution is -2.42. The molecule has 1 nitrogen and oxygen atoms in total. The minimum atomic E-state index is -0.154. The van der Waals surface area contributed by atoms with E-state index in [1.165, 1.54) is 18.4 Å². The summed E-state index contributed by atoms with van der Waals surface area (Å²) in [5.74, 6) is 2.41. The van der Waals surface area contributed by atoms with Crippen molar-refractivity contribution in [1.29, 1.82) is 0 Å². The highest BCUT2D eigenvalue weighted by Gasteiger charge is 2.68. The highest BCUT2D eigenvalue weighted by atomic mass is 16.3. The molecular formula is C15H24O. The van der Waals surface area contributed by atoms with Gasteiger partial charge in [-0.2, -0.15) is 0 Å². The average molecular weight is 220 g/mol. The van der Waals surface area contributed by atoms with Gasteiger partial charge in [0.1, 0.15) is 0 Å². The van der Waals surface area contributed by atoms with Gasteiger partial charge in [0.05, 0.1) is 6.10 Å². The Morgan fingerprint density at radius 2 is 1.94 bits per heavy atom. The van der Waals surface area contributed by atoms with Crippen LogP contribution in [0.4, 0.5) is 0 Å². The van der Waals surface area contributed by atoms with Crippen LogP contribution in [0.3, 0.4) is 0 Å². The molecule has 0 aromatic carbocycles. The molecule has 16 heavy (non-hydrogen) atoms. The van der Waals surface area contributed by atoms with Crippen molar-refractivity contribution in [2.24, 2.45) is 28.6 Å². The summed E-state index contributed by atoms with van der Waals surface area (Å²) in [6.07, 6.45) is 5.58. The van der Waals surface area contributed by atoms with Crippen LogP contribution in [0.1, 0.15) is 47.0 Å². The van der Waals surface area contributed by atoms with E-state index in [0.29, 0.717) is 5.41 Å². The van der Waals surface area contributed by atoms with Crippen LogP contribution in [0.25, 0.3) is 0 Å². The Morgan fingerprint density at radius 1 is 1.25 bits per heavy atom. The zero-order valence-corrected chi connectivity index (χ0v) is 11.0. The van der Waals surface area contributed by atoms with E-state index in [1.807, 2.05) is 0 Å². The van der Waals surface area contributed by atoms with Crippen LogP contribution in [0.5, 0.6) is 0 Å². The van der Waals surface area contributed by atoms with Crippen LogP contribution in [-0.2, 0) is 0 Å². The van der Waals surface area contributed by atoms with Gasteiger partial charge in [-0.3, -0.25) is 0 Å². The van der Waals surface area contributed by atoms with Crippen LogP contribution < -0.4 is 0 Å². The van der Waals surface area contributed by atoms with E-state index in [1.54, 1.807) is 0 Å². The lowest BCUT2D eigenvalue weighted by molar-refractivity contribution is 0.0585. The first-order chi connectivity index (χ1) is 7.40. The molecule has 90 valence electrons. The maximum absolute atomic E-state index is 10.2. The lowest BCUT2D eigenvalue weighted by Gasteiger charge is -2.47. The van der Waals surface area contributed by atoms with Gasteiger partial charge in [0.25, 0.3) is 0 Å². The van der Waals surface area contributed by atoms with Gasteiger partial charge in [0, 0.05) is 0 Å². The van der Waals surface area contributed by atoms with E-state index in [4.69, 9.17) is 0 Å².